The summed E-state index contributed by atoms with van der Waals surface area (Å²) in [5.41, 5.74) is 4.21. The number of aromatic nitrogens is 2. The highest BCUT2D eigenvalue weighted by atomic mass is 16.2. The van der Waals surface area contributed by atoms with Crippen molar-refractivity contribution in [3.63, 3.8) is 0 Å². The van der Waals surface area contributed by atoms with Gasteiger partial charge < -0.3 is 15.5 Å². The third-order valence-electron chi connectivity index (χ3n) is 5.52. The van der Waals surface area contributed by atoms with E-state index in [2.05, 4.69) is 40.9 Å². The zero-order valence-electron chi connectivity index (χ0n) is 15.5. The van der Waals surface area contributed by atoms with E-state index < -0.39 is 0 Å². The number of anilines is 1. The monoisotopic (exact) mass is 353 g/mol. The second kappa shape index (κ2) is 7.11. The first-order valence-electron chi connectivity index (χ1n) is 9.47. The van der Waals surface area contributed by atoms with E-state index in [1.165, 1.54) is 12.0 Å². The molecule has 1 aromatic heterocycles. The van der Waals surface area contributed by atoms with Crippen molar-refractivity contribution in [2.24, 2.45) is 5.92 Å². The number of aryl methyl sites for hydroxylation is 2. The maximum atomic E-state index is 12.7. The third kappa shape index (κ3) is 3.60. The van der Waals surface area contributed by atoms with Crippen molar-refractivity contribution in [1.29, 1.82) is 0 Å². The number of fused-ring (bicyclic) bond motifs is 4. The number of hydrogen-bond acceptors (Lipinski definition) is 3. The van der Waals surface area contributed by atoms with Crippen molar-refractivity contribution < 1.29 is 4.79 Å². The fourth-order valence-electron chi connectivity index (χ4n) is 4.08. The summed E-state index contributed by atoms with van der Waals surface area (Å²) in [7, 11) is 0. The van der Waals surface area contributed by atoms with Crippen LogP contribution < -0.4 is 10.6 Å². The van der Waals surface area contributed by atoms with Crippen LogP contribution in [0.1, 0.15) is 29.8 Å². The Morgan fingerprint density at radius 2 is 2.04 bits per heavy atom. The van der Waals surface area contributed by atoms with Gasteiger partial charge in [-0.05, 0) is 62.9 Å². The van der Waals surface area contributed by atoms with Gasteiger partial charge >= 0.3 is 6.03 Å². The van der Waals surface area contributed by atoms with E-state index in [4.69, 9.17) is 0 Å². The molecule has 2 aromatic rings. The molecule has 6 heteroatoms. The summed E-state index contributed by atoms with van der Waals surface area (Å²) in [6.45, 7) is 7.62. The van der Waals surface area contributed by atoms with Crippen LogP contribution in [0.25, 0.3) is 0 Å². The van der Waals surface area contributed by atoms with Gasteiger partial charge in [-0.2, -0.15) is 5.10 Å². The van der Waals surface area contributed by atoms with Gasteiger partial charge in [-0.1, -0.05) is 12.1 Å². The Morgan fingerprint density at radius 3 is 2.77 bits per heavy atom. The van der Waals surface area contributed by atoms with Crippen LogP contribution in [0.5, 0.6) is 0 Å². The molecule has 2 N–H and O–H groups in total. The van der Waals surface area contributed by atoms with E-state index in [9.17, 15) is 4.79 Å². The molecule has 2 amide bonds. The number of nitrogens with one attached hydrogen (secondary N) is 2. The SMILES string of the molecule is Cc1cc(C)n(Cc2ccc(NC(=O)N3C[C@H]4CC[C@@H]3CNC4)cc2)n1. The van der Waals surface area contributed by atoms with E-state index in [-0.39, 0.29) is 6.03 Å². The normalized spacial score (nSPS) is 22.3. The molecule has 0 saturated carbocycles. The van der Waals surface area contributed by atoms with Crippen molar-refractivity contribution in [2.75, 3.05) is 25.0 Å². The second-order valence-corrected chi connectivity index (χ2v) is 7.62. The molecule has 1 aromatic carbocycles. The molecule has 0 unspecified atom stereocenters. The minimum Gasteiger partial charge on any atom is -0.320 e. The van der Waals surface area contributed by atoms with Gasteiger partial charge in [-0.25, -0.2) is 4.79 Å². The van der Waals surface area contributed by atoms with Crippen LogP contribution in [-0.2, 0) is 6.54 Å². The molecule has 2 bridgehead atoms. The van der Waals surface area contributed by atoms with Crippen LogP contribution in [0.15, 0.2) is 30.3 Å². The Kier molecular flexibility index (Phi) is 4.68. The molecule has 3 aliphatic rings. The van der Waals surface area contributed by atoms with Gasteiger partial charge in [0.15, 0.2) is 0 Å². The number of benzene rings is 1. The number of carbonyl (C=O) groups excluding carboxylic acids is 1. The zero-order chi connectivity index (χ0) is 18.1. The summed E-state index contributed by atoms with van der Waals surface area (Å²) in [5.74, 6) is 0.586. The lowest BCUT2D eigenvalue weighted by Crippen LogP contribution is -2.49. The highest BCUT2D eigenvalue weighted by molar-refractivity contribution is 5.89. The zero-order valence-corrected chi connectivity index (χ0v) is 15.5. The summed E-state index contributed by atoms with van der Waals surface area (Å²) in [5, 5.41) is 11.0. The summed E-state index contributed by atoms with van der Waals surface area (Å²) >= 11 is 0. The van der Waals surface area contributed by atoms with E-state index in [0.717, 1.165) is 49.7 Å². The largest absolute Gasteiger partial charge is 0.322 e. The molecular weight excluding hydrogens is 326 g/mol. The van der Waals surface area contributed by atoms with Crippen molar-refractivity contribution in [3.8, 4) is 0 Å². The molecule has 3 fully saturated rings. The van der Waals surface area contributed by atoms with Gasteiger partial charge in [-0.3, -0.25) is 4.68 Å². The van der Waals surface area contributed by atoms with Gasteiger partial charge in [0.2, 0.25) is 0 Å². The summed E-state index contributed by atoms with van der Waals surface area (Å²) < 4.78 is 2.00. The molecular formula is C20H27N5O. The van der Waals surface area contributed by atoms with Gasteiger partial charge in [0.05, 0.1) is 12.2 Å². The predicted molar refractivity (Wildman–Crippen MR) is 102 cm³/mol. The molecule has 5 rings (SSSR count). The van der Waals surface area contributed by atoms with Gasteiger partial charge in [0.25, 0.3) is 0 Å². The van der Waals surface area contributed by atoms with Crippen LogP contribution in [0.4, 0.5) is 10.5 Å². The van der Waals surface area contributed by atoms with Crippen molar-refractivity contribution in [3.05, 3.63) is 47.3 Å². The lowest BCUT2D eigenvalue weighted by atomic mass is 9.95. The first kappa shape index (κ1) is 17.1. The summed E-state index contributed by atoms with van der Waals surface area (Å²) in [6, 6.07) is 10.5. The highest BCUT2D eigenvalue weighted by Gasteiger charge is 2.34. The molecule has 0 radical (unpaired) electrons. The minimum atomic E-state index is 0.0229. The maximum absolute atomic E-state index is 12.7. The Morgan fingerprint density at radius 1 is 1.23 bits per heavy atom. The number of carbonyl (C=O) groups is 1. The molecule has 3 saturated heterocycles. The highest BCUT2D eigenvalue weighted by Crippen LogP contribution is 2.25. The topological polar surface area (TPSA) is 62.2 Å². The smallest absolute Gasteiger partial charge is 0.320 e. The number of nitrogens with zero attached hydrogens (tertiary/aromatic N) is 3. The Bertz CT molecular complexity index is 778. The Labute approximate surface area is 154 Å². The van der Waals surface area contributed by atoms with Gasteiger partial charge in [-0.15, -0.1) is 0 Å². The number of hydrogen-bond donors (Lipinski definition) is 2. The number of piperidine rings is 1. The quantitative estimate of drug-likeness (QED) is 0.892. The number of urea groups is 1. The maximum Gasteiger partial charge on any atom is 0.322 e. The lowest BCUT2D eigenvalue weighted by Gasteiger charge is -2.36. The molecule has 3 aliphatic heterocycles. The van der Waals surface area contributed by atoms with E-state index in [1.807, 2.05) is 28.6 Å². The standard InChI is InChI=1S/C20H27N5O/c1-14-9-15(2)25(23-14)13-16-3-6-18(7-4-16)22-20(26)24-12-17-5-8-19(24)11-21-10-17/h3-4,6-7,9,17,19,21H,5,8,10-13H2,1-2H3,(H,22,26)/t17-,19+/m0/s1. The minimum absolute atomic E-state index is 0.0229. The van der Waals surface area contributed by atoms with Crippen LogP contribution in [0.3, 0.4) is 0 Å². The van der Waals surface area contributed by atoms with Crippen molar-refractivity contribution >= 4 is 11.7 Å². The first-order valence-corrected chi connectivity index (χ1v) is 9.47. The third-order valence-corrected chi connectivity index (χ3v) is 5.52. The van der Waals surface area contributed by atoms with Crippen molar-refractivity contribution in [2.45, 2.75) is 39.3 Å². The lowest BCUT2D eigenvalue weighted by molar-refractivity contribution is 0.153. The van der Waals surface area contributed by atoms with E-state index >= 15 is 0 Å². The molecule has 2 atom stereocenters. The van der Waals surface area contributed by atoms with Crippen molar-refractivity contribution in [1.82, 2.24) is 20.0 Å². The Hall–Kier alpha value is -2.34. The summed E-state index contributed by atoms with van der Waals surface area (Å²) in [4.78, 5) is 14.7. The molecule has 6 nitrogen and oxygen atoms in total. The molecule has 0 aliphatic carbocycles. The average Bonchev–Trinajstić information content (AvgIpc) is 2.83. The fourth-order valence-corrected chi connectivity index (χ4v) is 4.08. The predicted octanol–water partition coefficient (Wildman–Crippen LogP) is 2.76. The van der Waals surface area contributed by atoms with Gasteiger partial charge in [0.1, 0.15) is 0 Å². The molecule has 138 valence electrons. The molecule has 26 heavy (non-hydrogen) atoms. The van der Waals surface area contributed by atoms with E-state index in [1.54, 1.807) is 0 Å². The summed E-state index contributed by atoms with van der Waals surface area (Å²) in [6.07, 6.45) is 2.33. The van der Waals surface area contributed by atoms with Crippen LogP contribution in [-0.4, -0.2) is 46.4 Å². The second-order valence-electron chi connectivity index (χ2n) is 7.62. The fraction of sp³-hybridized carbons (Fsp3) is 0.500. The molecule has 4 heterocycles. The average molecular weight is 353 g/mol. The first-order chi connectivity index (χ1) is 12.6. The van der Waals surface area contributed by atoms with Crippen LogP contribution in [0.2, 0.25) is 0 Å². The van der Waals surface area contributed by atoms with Crippen LogP contribution >= 0.6 is 0 Å². The number of amides is 2. The molecule has 0 spiro atoms. The van der Waals surface area contributed by atoms with E-state index in [0.29, 0.717) is 12.0 Å². The van der Waals surface area contributed by atoms with Gasteiger partial charge in [0, 0.05) is 30.5 Å². The number of rotatable bonds is 3. The Balaban J connectivity index is 1.39. The van der Waals surface area contributed by atoms with Crippen LogP contribution in [0, 0.1) is 19.8 Å².